The van der Waals surface area contributed by atoms with Crippen molar-refractivity contribution in [2.45, 2.75) is 6.42 Å². The highest BCUT2D eigenvalue weighted by Gasteiger charge is 2.21. The first-order valence-corrected chi connectivity index (χ1v) is 9.39. The molecule has 0 aliphatic carbocycles. The Balaban J connectivity index is 1.45. The molecule has 1 heterocycles. The lowest BCUT2D eigenvalue weighted by Crippen LogP contribution is -2.32. The van der Waals surface area contributed by atoms with Crippen LogP contribution in [0.25, 0.3) is 0 Å². The van der Waals surface area contributed by atoms with Crippen LogP contribution in [0.2, 0.25) is 0 Å². The van der Waals surface area contributed by atoms with E-state index in [9.17, 15) is 14.0 Å². The zero-order valence-electron chi connectivity index (χ0n) is 15.7. The van der Waals surface area contributed by atoms with Crippen LogP contribution in [-0.4, -0.2) is 24.9 Å². The third-order valence-corrected chi connectivity index (χ3v) is 4.87. The smallest absolute Gasteiger partial charge is 0.257 e. The van der Waals surface area contributed by atoms with E-state index in [0.29, 0.717) is 16.9 Å². The van der Waals surface area contributed by atoms with E-state index >= 15 is 0 Å². The molecule has 6 heteroatoms. The summed E-state index contributed by atoms with van der Waals surface area (Å²) in [6.07, 6.45) is 0.917. The van der Waals surface area contributed by atoms with Crippen molar-refractivity contribution >= 4 is 28.9 Å². The second-order valence-electron chi connectivity index (χ2n) is 6.86. The fourth-order valence-electron chi connectivity index (χ4n) is 3.46. The first kappa shape index (κ1) is 18.7. The van der Waals surface area contributed by atoms with Crippen LogP contribution >= 0.6 is 0 Å². The quantitative estimate of drug-likeness (QED) is 0.691. The summed E-state index contributed by atoms with van der Waals surface area (Å²) in [4.78, 5) is 27.3. The molecule has 2 N–H and O–H groups in total. The van der Waals surface area contributed by atoms with Crippen molar-refractivity contribution in [3.63, 3.8) is 0 Å². The minimum atomic E-state index is -0.376. The van der Waals surface area contributed by atoms with E-state index in [1.165, 1.54) is 29.8 Å². The molecule has 0 aromatic heterocycles. The van der Waals surface area contributed by atoms with Gasteiger partial charge in [-0.15, -0.1) is 0 Å². The van der Waals surface area contributed by atoms with Gasteiger partial charge in [0.1, 0.15) is 5.82 Å². The molecule has 1 aliphatic rings. The fourth-order valence-corrected chi connectivity index (χ4v) is 3.46. The van der Waals surface area contributed by atoms with Crippen LogP contribution in [0, 0.1) is 5.82 Å². The van der Waals surface area contributed by atoms with Gasteiger partial charge in [-0.05, 0) is 54.4 Å². The summed E-state index contributed by atoms with van der Waals surface area (Å²) in [7, 11) is 0. The number of nitrogens with one attached hydrogen (secondary N) is 2. The maximum Gasteiger partial charge on any atom is 0.257 e. The van der Waals surface area contributed by atoms with Gasteiger partial charge in [0, 0.05) is 17.9 Å². The van der Waals surface area contributed by atoms with E-state index in [-0.39, 0.29) is 24.2 Å². The van der Waals surface area contributed by atoms with E-state index in [0.717, 1.165) is 18.7 Å². The highest BCUT2D eigenvalue weighted by atomic mass is 19.1. The van der Waals surface area contributed by atoms with Gasteiger partial charge in [0.2, 0.25) is 5.91 Å². The molecule has 1 aliphatic heterocycles. The van der Waals surface area contributed by atoms with Gasteiger partial charge in [0.15, 0.2) is 0 Å². The normalized spacial score (nSPS) is 12.4. The number of fused-ring (bicyclic) bond motifs is 1. The number of hydrogen-bond acceptors (Lipinski definition) is 3. The van der Waals surface area contributed by atoms with Crippen LogP contribution in [0.5, 0.6) is 0 Å². The molecule has 4 rings (SSSR count). The van der Waals surface area contributed by atoms with Gasteiger partial charge in [0.05, 0.1) is 17.8 Å². The summed E-state index contributed by atoms with van der Waals surface area (Å²) in [5.74, 6) is -0.943. The molecule has 0 unspecified atom stereocenters. The van der Waals surface area contributed by atoms with Crippen LogP contribution in [0.15, 0.2) is 72.8 Å². The van der Waals surface area contributed by atoms with Crippen molar-refractivity contribution in [3.05, 3.63) is 89.7 Å². The summed E-state index contributed by atoms with van der Waals surface area (Å²) < 4.78 is 13.1. The number of rotatable bonds is 5. The van der Waals surface area contributed by atoms with Gasteiger partial charge >= 0.3 is 0 Å². The van der Waals surface area contributed by atoms with Crippen LogP contribution in [-0.2, 0) is 11.2 Å². The highest BCUT2D eigenvalue weighted by Crippen LogP contribution is 2.27. The molecule has 3 aromatic rings. The number of carbonyl (C=O) groups excluding carboxylic acids is 2. The lowest BCUT2D eigenvalue weighted by molar-refractivity contribution is -0.115. The van der Waals surface area contributed by atoms with Crippen molar-refractivity contribution in [3.8, 4) is 0 Å². The number of benzene rings is 3. The van der Waals surface area contributed by atoms with Gasteiger partial charge in [-0.2, -0.15) is 0 Å². The van der Waals surface area contributed by atoms with Crippen LogP contribution in [0.3, 0.4) is 0 Å². The van der Waals surface area contributed by atoms with Gasteiger partial charge in [0.25, 0.3) is 5.91 Å². The molecule has 3 aromatic carbocycles. The van der Waals surface area contributed by atoms with Crippen LogP contribution in [0.4, 0.5) is 21.5 Å². The minimum absolute atomic E-state index is 0.191. The maximum atomic E-state index is 13.1. The predicted molar refractivity (Wildman–Crippen MR) is 112 cm³/mol. The molecule has 146 valence electrons. The summed E-state index contributed by atoms with van der Waals surface area (Å²) in [6.45, 7) is 1.00. The number of anilines is 3. The Morgan fingerprint density at radius 1 is 0.897 bits per heavy atom. The third-order valence-electron chi connectivity index (χ3n) is 4.87. The van der Waals surface area contributed by atoms with Crippen molar-refractivity contribution in [1.82, 2.24) is 0 Å². The zero-order valence-corrected chi connectivity index (χ0v) is 15.7. The largest absolute Gasteiger partial charge is 0.362 e. The lowest BCUT2D eigenvalue weighted by Gasteiger charge is -2.19. The predicted octanol–water partition coefficient (Wildman–Crippen LogP) is 4.08. The first-order valence-electron chi connectivity index (χ1n) is 9.39. The highest BCUT2D eigenvalue weighted by molar-refractivity contribution is 6.10. The van der Waals surface area contributed by atoms with E-state index in [1.54, 1.807) is 24.3 Å². The zero-order chi connectivity index (χ0) is 20.2. The topological polar surface area (TPSA) is 61.4 Å². The van der Waals surface area contributed by atoms with Crippen LogP contribution in [0.1, 0.15) is 15.9 Å². The molecule has 0 bridgehead atoms. The van der Waals surface area contributed by atoms with Gasteiger partial charge in [-0.25, -0.2) is 4.39 Å². The van der Waals surface area contributed by atoms with Crippen molar-refractivity contribution in [2.24, 2.45) is 0 Å². The number of hydrogen-bond donors (Lipinski definition) is 2. The molecule has 0 fully saturated rings. The Kier molecular flexibility index (Phi) is 5.24. The molecule has 0 atom stereocenters. The third kappa shape index (κ3) is 4.27. The molecular weight excluding hydrogens is 369 g/mol. The van der Waals surface area contributed by atoms with E-state index in [1.807, 2.05) is 23.1 Å². The standard InChI is InChI=1S/C23H20FN3O2/c24-17-9-11-18(12-10-17)25-23(29)19-6-2-3-7-20(19)26-22(28)15-27-14-13-16-5-1-4-8-21(16)27/h1-12H,13-15H2,(H,25,29)(H,26,28). The molecule has 0 radical (unpaired) electrons. The molecule has 0 spiro atoms. The average molecular weight is 389 g/mol. The monoisotopic (exact) mass is 389 g/mol. The molecule has 0 saturated carbocycles. The fraction of sp³-hybridized carbons (Fsp3) is 0.130. The van der Waals surface area contributed by atoms with E-state index in [4.69, 9.17) is 0 Å². The summed E-state index contributed by atoms with van der Waals surface area (Å²) in [5, 5.41) is 5.56. The number of para-hydroxylation sites is 2. The minimum Gasteiger partial charge on any atom is -0.362 e. The second-order valence-corrected chi connectivity index (χ2v) is 6.86. The SMILES string of the molecule is O=C(CN1CCc2ccccc21)Nc1ccccc1C(=O)Nc1ccc(F)cc1. The molecular formula is C23H20FN3O2. The van der Waals surface area contributed by atoms with E-state index < -0.39 is 0 Å². The van der Waals surface area contributed by atoms with Crippen molar-refractivity contribution in [1.29, 1.82) is 0 Å². The Hall–Kier alpha value is -3.67. The number of carbonyl (C=O) groups is 2. The van der Waals surface area contributed by atoms with Crippen molar-refractivity contribution in [2.75, 3.05) is 28.6 Å². The number of nitrogens with zero attached hydrogens (tertiary/aromatic N) is 1. The summed E-state index contributed by atoms with van der Waals surface area (Å²) in [5.41, 5.74) is 3.56. The first-order chi connectivity index (χ1) is 14.1. The van der Waals surface area contributed by atoms with Gasteiger partial charge in [-0.1, -0.05) is 30.3 Å². The van der Waals surface area contributed by atoms with Crippen LogP contribution < -0.4 is 15.5 Å². The van der Waals surface area contributed by atoms with Crippen molar-refractivity contribution < 1.29 is 14.0 Å². The Morgan fingerprint density at radius 2 is 1.62 bits per heavy atom. The Morgan fingerprint density at radius 3 is 2.45 bits per heavy atom. The summed E-state index contributed by atoms with van der Waals surface area (Å²) in [6, 6.07) is 20.4. The van der Waals surface area contributed by atoms with Gasteiger partial charge < -0.3 is 15.5 Å². The molecule has 0 saturated heterocycles. The number of halogens is 1. The Bertz CT molecular complexity index is 1050. The summed E-state index contributed by atoms with van der Waals surface area (Å²) >= 11 is 0. The Labute approximate surface area is 168 Å². The maximum absolute atomic E-state index is 13.1. The number of amides is 2. The molecule has 5 nitrogen and oxygen atoms in total. The lowest BCUT2D eigenvalue weighted by atomic mass is 10.1. The second kappa shape index (κ2) is 8.14. The van der Waals surface area contributed by atoms with E-state index in [2.05, 4.69) is 16.7 Å². The van der Waals surface area contributed by atoms with Gasteiger partial charge in [-0.3, -0.25) is 9.59 Å². The molecule has 2 amide bonds. The molecule has 29 heavy (non-hydrogen) atoms. The average Bonchev–Trinajstić information content (AvgIpc) is 3.13.